The Morgan fingerprint density at radius 2 is 1.65 bits per heavy atom. The predicted molar refractivity (Wildman–Crippen MR) is 120 cm³/mol. The number of hydrogen-bond donors (Lipinski definition) is 2. The molecule has 1 aliphatic rings. The molecule has 1 fully saturated rings. The Balaban J connectivity index is 1.48. The molecule has 0 aliphatic carbocycles. The third-order valence-corrected chi connectivity index (χ3v) is 7.53. The Kier molecular flexibility index (Phi) is 5.67. The van der Waals surface area contributed by atoms with E-state index in [2.05, 4.69) is 30.4 Å². The van der Waals surface area contributed by atoms with Gasteiger partial charge in [-0.25, -0.2) is 18.4 Å². The van der Waals surface area contributed by atoms with Crippen LogP contribution in [0.1, 0.15) is 22.8 Å². The number of hydrogen-bond acceptors (Lipinski definition) is 7. The molecule has 0 unspecified atom stereocenters. The first-order chi connectivity index (χ1) is 14.7. The van der Waals surface area contributed by atoms with E-state index < -0.39 is 10.0 Å². The van der Waals surface area contributed by atoms with Crippen molar-refractivity contribution in [1.29, 1.82) is 0 Å². The Morgan fingerprint density at radius 1 is 0.968 bits per heavy atom. The lowest BCUT2D eigenvalue weighted by Gasteiger charge is -2.34. The van der Waals surface area contributed by atoms with Gasteiger partial charge in [0, 0.05) is 37.9 Å². The molecule has 4 rings (SSSR count). The molecule has 1 saturated heterocycles. The maximum atomic E-state index is 13.1. The van der Waals surface area contributed by atoms with E-state index in [0.717, 1.165) is 11.5 Å². The van der Waals surface area contributed by atoms with Crippen molar-refractivity contribution in [3.05, 3.63) is 53.1 Å². The molecule has 31 heavy (non-hydrogen) atoms. The SMILES string of the molecule is Cc1ccc(Nc2cc(N3CCN(S(=O)(=O)c4c(C)n[nH]c4C)CC3)nc(C)n2)cc1. The Bertz CT molecular complexity index is 1160. The first kappa shape index (κ1) is 21.3. The van der Waals surface area contributed by atoms with Crippen molar-refractivity contribution in [2.24, 2.45) is 0 Å². The number of piperazine rings is 1. The summed E-state index contributed by atoms with van der Waals surface area (Å²) < 4.78 is 27.7. The lowest BCUT2D eigenvalue weighted by molar-refractivity contribution is 0.383. The average molecular weight is 442 g/mol. The second-order valence-electron chi connectivity index (χ2n) is 7.80. The van der Waals surface area contributed by atoms with Gasteiger partial charge in [-0.2, -0.15) is 9.40 Å². The molecule has 3 aromatic rings. The van der Waals surface area contributed by atoms with E-state index in [9.17, 15) is 8.42 Å². The van der Waals surface area contributed by atoms with Crippen LogP contribution >= 0.6 is 0 Å². The quantitative estimate of drug-likeness (QED) is 0.627. The van der Waals surface area contributed by atoms with E-state index in [4.69, 9.17) is 0 Å². The molecule has 3 heterocycles. The molecule has 1 aliphatic heterocycles. The van der Waals surface area contributed by atoms with Crippen LogP contribution in [-0.2, 0) is 10.0 Å². The molecule has 0 amide bonds. The summed E-state index contributed by atoms with van der Waals surface area (Å²) >= 11 is 0. The number of nitrogens with one attached hydrogen (secondary N) is 2. The zero-order valence-electron chi connectivity index (χ0n) is 18.2. The van der Waals surface area contributed by atoms with Crippen LogP contribution in [0.4, 0.5) is 17.3 Å². The van der Waals surface area contributed by atoms with Crippen molar-refractivity contribution in [2.75, 3.05) is 36.4 Å². The highest BCUT2D eigenvalue weighted by Crippen LogP contribution is 2.25. The summed E-state index contributed by atoms with van der Waals surface area (Å²) in [6, 6.07) is 10.0. The first-order valence-corrected chi connectivity index (χ1v) is 11.6. The van der Waals surface area contributed by atoms with Gasteiger partial charge in [0.2, 0.25) is 10.0 Å². The topological polar surface area (TPSA) is 107 Å². The van der Waals surface area contributed by atoms with Crippen LogP contribution in [-0.4, -0.2) is 59.1 Å². The van der Waals surface area contributed by atoms with E-state index in [-0.39, 0.29) is 4.90 Å². The standard InChI is InChI=1S/C21H27N7O2S/c1-14-5-7-18(8-6-14)24-19-13-20(23-17(4)22-19)27-9-11-28(12-10-27)31(29,30)21-15(2)25-26-16(21)3/h5-8,13H,9-12H2,1-4H3,(H,25,26)(H,22,23,24). The van der Waals surface area contributed by atoms with Crippen molar-refractivity contribution in [1.82, 2.24) is 24.5 Å². The molecule has 9 nitrogen and oxygen atoms in total. The highest BCUT2D eigenvalue weighted by molar-refractivity contribution is 7.89. The van der Waals surface area contributed by atoms with Crippen molar-refractivity contribution in [2.45, 2.75) is 32.6 Å². The number of aryl methyl sites for hydroxylation is 4. The molecule has 0 radical (unpaired) electrons. The van der Waals surface area contributed by atoms with Crippen molar-refractivity contribution in [3.63, 3.8) is 0 Å². The lowest BCUT2D eigenvalue weighted by atomic mass is 10.2. The predicted octanol–water partition coefficient (Wildman–Crippen LogP) is 2.69. The second kappa shape index (κ2) is 8.27. The van der Waals surface area contributed by atoms with Gasteiger partial charge in [-0.05, 0) is 39.8 Å². The number of aromatic nitrogens is 4. The summed E-state index contributed by atoms with van der Waals surface area (Å²) in [6.07, 6.45) is 0. The molecule has 164 valence electrons. The fourth-order valence-electron chi connectivity index (χ4n) is 3.77. The molecule has 2 aromatic heterocycles. The average Bonchev–Trinajstić information content (AvgIpc) is 3.08. The minimum Gasteiger partial charge on any atom is -0.354 e. The summed E-state index contributed by atoms with van der Waals surface area (Å²) in [7, 11) is -3.58. The molecular formula is C21H27N7O2S. The molecule has 1 aromatic carbocycles. The fraction of sp³-hybridized carbons (Fsp3) is 0.381. The van der Waals surface area contributed by atoms with Crippen molar-refractivity contribution >= 4 is 27.3 Å². The maximum absolute atomic E-state index is 13.1. The van der Waals surface area contributed by atoms with Gasteiger partial charge in [0.05, 0.1) is 11.4 Å². The highest BCUT2D eigenvalue weighted by atomic mass is 32.2. The normalized spacial score (nSPS) is 15.3. The van der Waals surface area contributed by atoms with Gasteiger partial charge < -0.3 is 10.2 Å². The van der Waals surface area contributed by atoms with Crippen molar-refractivity contribution < 1.29 is 8.42 Å². The molecule has 0 atom stereocenters. The first-order valence-electron chi connectivity index (χ1n) is 10.2. The number of rotatable bonds is 5. The number of benzene rings is 1. The summed E-state index contributed by atoms with van der Waals surface area (Å²) in [5.41, 5.74) is 3.21. The smallest absolute Gasteiger partial charge is 0.246 e. The van der Waals surface area contributed by atoms with Gasteiger partial charge in [0.25, 0.3) is 0 Å². The van der Waals surface area contributed by atoms with Gasteiger partial charge in [-0.3, -0.25) is 5.10 Å². The Labute approximate surface area is 182 Å². The Morgan fingerprint density at radius 3 is 2.26 bits per heavy atom. The molecule has 2 N–H and O–H groups in total. The minimum atomic E-state index is -3.58. The largest absolute Gasteiger partial charge is 0.354 e. The van der Waals surface area contributed by atoms with Crippen LogP contribution in [0.15, 0.2) is 35.2 Å². The van der Waals surface area contributed by atoms with Gasteiger partial charge in [-0.15, -0.1) is 0 Å². The number of nitrogens with zero attached hydrogens (tertiary/aromatic N) is 5. The number of anilines is 3. The van der Waals surface area contributed by atoms with Crippen LogP contribution in [0.2, 0.25) is 0 Å². The number of aromatic amines is 1. The molecular weight excluding hydrogens is 414 g/mol. The van der Waals surface area contributed by atoms with E-state index in [1.807, 2.05) is 44.2 Å². The molecule has 10 heteroatoms. The zero-order valence-corrected chi connectivity index (χ0v) is 19.0. The van der Waals surface area contributed by atoms with E-state index in [1.54, 1.807) is 13.8 Å². The maximum Gasteiger partial charge on any atom is 0.246 e. The monoisotopic (exact) mass is 441 g/mol. The van der Waals surface area contributed by atoms with Gasteiger partial charge >= 0.3 is 0 Å². The number of H-pyrrole nitrogens is 1. The van der Waals surface area contributed by atoms with Gasteiger partial charge in [-0.1, -0.05) is 17.7 Å². The summed E-state index contributed by atoms with van der Waals surface area (Å²) in [4.78, 5) is 11.4. The summed E-state index contributed by atoms with van der Waals surface area (Å²) in [6.45, 7) is 9.21. The fourth-order valence-corrected chi connectivity index (χ4v) is 5.52. The third kappa shape index (κ3) is 4.40. The van der Waals surface area contributed by atoms with Crippen LogP contribution in [0.5, 0.6) is 0 Å². The summed E-state index contributed by atoms with van der Waals surface area (Å²) in [5, 5.41) is 10.1. The highest BCUT2D eigenvalue weighted by Gasteiger charge is 2.32. The van der Waals surface area contributed by atoms with E-state index >= 15 is 0 Å². The Hall–Kier alpha value is -2.98. The lowest BCUT2D eigenvalue weighted by Crippen LogP contribution is -2.49. The van der Waals surface area contributed by atoms with Gasteiger partial charge in [0.1, 0.15) is 22.4 Å². The molecule has 0 saturated carbocycles. The molecule has 0 spiro atoms. The third-order valence-electron chi connectivity index (χ3n) is 5.37. The second-order valence-corrected chi connectivity index (χ2v) is 9.68. The van der Waals surface area contributed by atoms with Crippen LogP contribution in [0.3, 0.4) is 0 Å². The van der Waals surface area contributed by atoms with Crippen LogP contribution < -0.4 is 10.2 Å². The van der Waals surface area contributed by atoms with Crippen LogP contribution in [0.25, 0.3) is 0 Å². The zero-order chi connectivity index (χ0) is 22.2. The summed E-state index contributed by atoms with van der Waals surface area (Å²) in [5.74, 6) is 2.16. The van der Waals surface area contributed by atoms with Crippen LogP contribution in [0, 0.1) is 27.7 Å². The molecule has 0 bridgehead atoms. The van der Waals surface area contributed by atoms with Crippen molar-refractivity contribution in [3.8, 4) is 0 Å². The van der Waals surface area contributed by atoms with Gasteiger partial charge in [0.15, 0.2) is 0 Å². The van der Waals surface area contributed by atoms with E-state index in [1.165, 1.54) is 9.87 Å². The minimum absolute atomic E-state index is 0.281. The van der Waals surface area contributed by atoms with E-state index in [0.29, 0.717) is 49.2 Å². The number of sulfonamides is 1.